The van der Waals surface area contributed by atoms with Crippen LogP contribution in [0.2, 0.25) is 0 Å². The molecule has 1 heterocycles. The summed E-state index contributed by atoms with van der Waals surface area (Å²) >= 11 is 1.72. The molecule has 1 aliphatic carbocycles. The molecule has 0 amide bonds. The Bertz CT molecular complexity index is 799. The van der Waals surface area contributed by atoms with Crippen molar-refractivity contribution in [1.29, 1.82) is 0 Å². The molecule has 1 unspecified atom stereocenters. The molecule has 2 aromatic rings. The highest BCUT2D eigenvalue weighted by Crippen LogP contribution is 2.31. The second-order valence-corrected chi connectivity index (χ2v) is 8.78. The summed E-state index contributed by atoms with van der Waals surface area (Å²) in [5.41, 5.74) is 2.29. The lowest BCUT2D eigenvalue weighted by atomic mass is 9.87. The first-order chi connectivity index (χ1) is 10.9. The van der Waals surface area contributed by atoms with E-state index in [4.69, 9.17) is 5.14 Å². The van der Waals surface area contributed by atoms with Gasteiger partial charge in [-0.1, -0.05) is 6.07 Å². The van der Waals surface area contributed by atoms with Crippen LogP contribution < -0.4 is 10.5 Å². The summed E-state index contributed by atoms with van der Waals surface area (Å²) < 4.78 is 23.2. The molecule has 0 saturated carbocycles. The van der Waals surface area contributed by atoms with Crippen molar-refractivity contribution < 1.29 is 8.42 Å². The van der Waals surface area contributed by atoms with E-state index in [0.29, 0.717) is 0 Å². The topological polar surface area (TPSA) is 85.1 Å². The van der Waals surface area contributed by atoms with Crippen molar-refractivity contribution in [3.8, 4) is 0 Å². The maximum atomic E-state index is 11.6. The highest BCUT2D eigenvalue weighted by atomic mass is 32.2. The van der Waals surface area contributed by atoms with Crippen LogP contribution in [0.1, 0.15) is 39.9 Å². The molecule has 1 atom stereocenters. The van der Waals surface area contributed by atoms with E-state index >= 15 is 0 Å². The van der Waals surface area contributed by atoms with Gasteiger partial charge in [-0.15, -0.1) is 11.3 Å². The molecule has 0 fully saturated rings. The summed E-state index contributed by atoms with van der Waals surface area (Å²) in [6.07, 6.45) is 5.98. The first kappa shape index (κ1) is 16.6. The van der Waals surface area contributed by atoms with E-state index in [1.165, 1.54) is 10.4 Å². The van der Waals surface area contributed by atoms with Crippen molar-refractivity contribution in [3.63, 3.8) is 0 Å². The molecule has 0 spiro atoms. The van der Waals surface area contributed by atoms with Gasteiger partial charge in [0, 0.05) is 23.7 Å². The van der Waals surface area contributed by atoms with Crippen LogP contribution in [0.25, 0.3) is 0 Å². The molecular formula is C16H21N3O2S2. The second-order valence-electron chi connectivity index (χ2n) is 5.90. The van der Waals surface area contributed by atoms with Crippen molar-refractivity contribution in [2.24, 2.45) is 5.14 Å². The van der Waals surface area contributed by atoms with Gasteiger partial charge in [0.1, 0.15) is 0 Å². The van der Waals surface area contributed by atoms with Crippen molar-refractivity contribution in [1.82, 2.24) is 10.3 Å². The zero-order valence-electron chi connectivity index (χ0n) is 13.1. The van der Waals surface area contributed by atoms with Gasteiger partial charge in [-0.25, -0.2) is 18.5 Å². The fourth-order valence-electron chi connectivity index (χ4n) is 3.06. The quantitative estimate of drug-likeness (QED) is 0.866. The molecule has 0 saturated heterocycles. The van der Waals surface area contributed by atoms with E-state index in [1.54, 1.807) is 23.5 Å². The van der Waals surface area contributed by atoms with Crippen LogP contribution in [0.4, 0.5) is 0 Å². The summed E-state index contributed by atoms with van der Waals surface area (Å²) in [6, 6.07) is 5.43. The minimum atomic E-state index is -3.65. The molecule has 0 bridgehead atoms. The average Bonchev–Trinajstić information content (AvgIpc) is 2.91. The van der Waals surface area contributed by atoms with Crippen LogP contribution in [0, 0.1) is 6.92 Å². The fraction of sp³-hybridized carbons (Fsp3) is 0.438. The van der Waals surface area contributed by atoms with Gasteiger partial charge in [0.2, 0.25) is 10.0 Å². The summed E-state index contributed by atoms with van der Waals surface area (Å²) in [4.78, 5) is 5.73. The third-order valence-corrected chi connectivity index (χ3v) is 6.08. The van der Waals surface area contributed by atoms with Crippen LogP contribution in [0.15, 0.2) is 29.3 Å². The number of nitrogens with two attached hydrogens (primary N) is 1. The number of aryl methyl sites for hydroxylation is 2. The number of hydrogen-bond acceptors (Lipinski definition) is 5. The Balaban J connectivity index is 1.72. The van der Waals surface area contributed by atoms with Crippen LogP contribution >= 0.6 is 11.3 Å². The third kappa shape index (κ3) is 3.98. The van der Waals surface area contributed by atoms with E-state index in [0.717, 1.165) is 42.8 Å². The Morgan fingerprint density at radius 2 is 2.26 bits per heavy atom. The number of rotatable bonds is 5. The van der Waals surface area contributed by atoms with Crippen molar-refractivity contribution >= 4 is 21.4 Å². The standard InChI is InChI=1S/C16H21N3O2S2/c1-11-19-10-13(22-11)7-8-18-16-4-2-3-12-5-6-14(9-15(12)16)23(17,20)21/h5-6,9-10,16,18H,2-4,7-8H2,1H3,(H2,17,20,21). The van der Waals surface area contributed by atoms with Crippen LogP contribution in [0.3, 0.4) is 0 Å². The first-order valence-corrected chi connectivity index (χ1v) is 10.1. The predicted molar refractivity (Wildman–Crippen MR) is 92.1 cm³/mol. The maximum absolute atomic E-state index is 11.6. The zero-order valence-corrected chi connectivity index (χ0v) is 14.7. The lowest BCUT2D eigenvalue weighted by Gasteiger charge is -2.27. The number of thiazole rings is 1. The van der Waals surface area contributed by atoms with Gasteiger partial charge >= 0.3 is 0 Å². The highest BCUT2D eigenvalue weighted by Gasteiger charge is 2.22. The predicted octanol–water partition coefficient (Wildman–Crippen LogP) is 2.31. The molecule has 1 aromatic carbocycles. The Hall–Kier alpha value is -1.28. The van der Waals surface area contributed by atoms with Gasteiger partial charge in [-0.2, -0.15) is 0 Å². The monoisotopic (exact) mass is 351 g/mol. The number of nitrogens with one attached hydrogen (secondary N) is 1. The molecule has 5 nitrogen and oxygen atoms in total. The molecule has 0 radical (unpaired) electrons. The SMILES string of the molecule is Cc1ncc(CCNC2CCCc3ccc(S(N)(=O)=O)cc32)s1. The smallest absolute Gasteiger partial charge is 0.238 e. The molecule has 3 rings (SSSR count). The number of primary sulfonamides is 1. The van der Waals surface area contributed by atoms with Gasteiger partial charge in [-0.05, 0) is 55.9 Å². The van der Waals surface area contributed by atoms with Crippen LogP contribution in [-0.4, -0.2) is 19.9 Å². The summed E-state index contributed by atoms with van der Waals surface area (Å²) in [7, 11) is -3.65. The second kappa shape index (κ2) is 6.68. The Morgan fingerprint density at radius 1 is 1.43 bits per heavy atom. The summed E-state index contributed by atoms with van der Waals surface area (Å²) in [5, 5.41) is 9.90. The van der Waals surface area contributed by atoms with E-state index in [-0.39, 0.29) is 10.9 Å². The van der Waals surface area contributed by atoms with E-state index < -0.39 is 10.0 Å². The van der Waals surface area contributed by atoms with Gasteiger partial charge in [0.25, 0.3) is 0 Å². The number of hydrogen-bond donors (Lipinski definition) is 2. The van der Waals surface area contributed by atoms with E-state index in [1.807, 2.05) is 19.2 Å². The lowest BCUT2D eigenvalue weighted by Crippen LogP contribution is -2.27. The van der Waals surface area contributed by atoms with Crippen LogP contribution in [0.5, 0.6) is 0 Å². The number of sulfonamides is 1. The van der Waals surface area contributed by atoms with Gasteiger partial charge < -0.3 is 5.32 Å². The molecule has 124 valence electrons. The molecule has 3 N–H and O–H groups in total. The highest BCUT2D eigenvalue weighted by molar-refractivity contribution is 7.89. The molecule has 0 aliphatic heterocycles. The number of benzene rings is 1. The maximum Gasteiger partial charge on any atom is 0.238 e. The number of aromatic nitrogens is 1. The average molecular weight is 351 g/mol. The van der Waals surface area contributed by atoms with Gasteiger partial charge in [-0.3, -0.25) is 0 Å². The molecular weight excluding hydrogens is 330 g/mol. The molecule has 1 aliphatic rings. The fourth-order valence-corrected chi connectivity index (χ4v) is 4.40. The number of nitrogens with zero attached hydrogens (tertiary/aromatic N) is 1. The van der Waals surface area contributed by atoms with Crippen molar-refractivity contribution in [2.45, 2.75) is 43.5 Å². The largest absolute Gasteiger partial charge is 0.310 e. The Morgan fingerprint density at radius 3 is 2.96 bits per heavy atom. The van der Waals surface area contributed by atoms with Gasteiger partial charge in [0.15, 0.2) is 0 Å². The lowest BCUT2D eigenvalue weighted by molar-refractivity contribution is 0.462. The minimum absolute atomic E-state index is 0.189. The van der Waals surface area contributed by atoms with E-state index in [9.17, 15) is 8.42 Å². The van der Waals surface area contributed by atoms with Crippen molar-refractivity contribution in [3.05, 3.63) is 45.4 Å². The van der Waals surface area contributed by atoms with Crippen molar-refractivity contribution in [2.75, 3.05) is 6.54 Å². The Labute approximate surface area is 141 Å². The molecule has 23 heavy (non-hydrogen) atoms. The zero-order chi connectivity index (χ0) is 16.4. The summed E-state index contributed by atoms with van der Waals surface area (Å²) in [6.45, 7) is 2.86. The normalized spacial score (nSPS) is 17.9. The molecule has 1 aromatic heterocycles. The first-order valence-electron chi connectivity index (χ1n) is 7.74. The van der Waals surface area contributed by atoms with Crippen LogP contribution in [-0.2, 0) is 22.9 Å². The molecule has 7 heteroatoms. The third-order valence-electron chi connectivity index (χ3n) is 4.19. The van der Waals surface area contributed by atoms with Gasteiger partial charge in [0.05, 0.1) is 9.90 Å². The number of fused-ring (bicyclic) bond motifs is 1. The minimum Gasteiger partial charge on any atom is -0.310 e. The van der Waals surface area contributed by atoms with E-state index in [2.05, 4.69) is 10.3 Å². The summed E-state index contributed by atoms with van der Waals surface area (Å²) in [5.74, 6) is 0. The Kier molecular flexibility index (Phi) is 4.82.